The van der Waals surface area contributed by atoms with Crippen molar-refractivity contribution in [2.24, 2.45) is 0 Å². The van der Waals surface area contributed by atoms with Gasteiger partial charge in [-0.1, -0.05) is 6.07 Å². The van der Waals surface area contributed by atoms with Gasteiger partial charge in [0.05, 0.1) is 11.3 Å². The zero-order valence-corrected chi connectivity index (χ0v) is 11.3. The molecule has 0 atom stereocenters. The van der Waals surface area contributed by atoms with Gasteiger partial charge in [0, 0.05) is 25.4 Å². The summed E-state index contributed by atoms with van der Waals surface area (Å²) in [6.07, 6.45) is 2.82. The lowest BCUT2D eigenvalue weighted by Crippen LogP contribution is -2.10. The second kappa shape index (κ2) is 6.04. The second-order valence-electron chi connectivity index (χ2n) is 4.51. The first-order chi connectivity index (χ1) is 9.97. The number of anilines is 1. The third-order valence-corrected chi connectivity index (χ3v) is 2.89. The molecule has 1 aromatic carbocycles. The Morgan fingerprint density at radius 3 is 2.90 bits per heavy atom. The number of imidazole rings is 1. The van der Waals surface area contributed by atoms with Crippen LogP contribution < -0.4 is 5.32 Å². The van der Waals surface area contributed by atoms with Gasteiger partial charge in [-0.25, -0.2) is 9.78 Å². The van der Waals surface area contributed by atoms with Crippen LogP contribution >= 0.6 is 0 Å². The Balaban J connectivity index is 2.00. The van der Waals surface area contributed by atoms with Crippen molar-refractivity contribution in [1.29, 1.82) is 0 Å². The van der Waals surface area contributed by atoms with Crippen LogP contribution in [-0.2, 0) is 6.54 Å². The predicted molar refractivity (Wildman–Crippen MR) is 75.5 cm³/mol. The van der Waals surface area contributed by atoms with Gasteiger partial charge < -0.3 is 15.0 Å². The zero-order valence-electron chi connectivity index (χ0n) is 11.3. The average Bonchev–Trinajstić information content (AvgIpc) is 2.89. The normalized spacial score (nSPS) is 10.3. The van der Waals surface area contributed by atoms with E-state index in [1.54, 1.807) is 23.6 Å². The summed E-state index contributed by atoms with van der Waals surface area (Å²) in [5.74, 6) is -1.09. The van der Waals surface area contributed by atoms with Gasteiger partial charge >= 0.3 is 5.97 Å². The monoisotopic (exact) mass is 290 g/mol. The fourth-order valence-electron chi connectivity index (χ4n) is 1.85. The Morgan fingerprint density at radius 1 is 1.52 bits per heavy atom. The quantitative estimate of drug-likeness (QED) is 0.621. The standard InChI is InChI=1S/C13H14N4O4/c1-9-2-3-10(12(6-9)17(20)21)14-4-5-16-7-11(13(18)19)15-8-16/h2-3,6-8,14H,4-5H2,1H3,(H,18,19). The number of carboxylic acids is 1. The molecular weight excluding hydrogens is 276 g/mol. The fraction of sp³-hybridized carbons (Fsp3) is 0.231. The number of aryl methyl sites for hydroxylation is 1. The lowest BCUT2D eigenvalue weighted by molar-refractivity contribution is -0.384. The number of carbonyl (C=O) groups is 1. The van der Waals surface area contributed by atoms with Crippen molar-refractivity contribution >= 4 is 17.3 Å². The van der Waals surface area contributed by atoms with Crippen molar-refractivity contribution in [2.75, 3.05) is 11.9 Å². The number of nitrogens with one attached hydrogen (secondary N) is 1. The van der Waals surface area contributed by atoms with Crippen LogP contribution in [0.4, 0.5) is 11.4 Å². The molecule has 2 N–H and O–H groups in total. The fourth-order valence-corrected chi connectivity index (χ4v) is 1.85. The Morgan fingerprint density at radius 2 is 2.29 bits per heavy atom. The number of hydrogen-bond acceptors (Lipinski definition) is 5. The molecule has 2 aromatic rings. The number of nitrogens with zero attached hydrogens (tertiary/aromatic N) is 3. The molecule has 0 fully saturated rings. The van der Waals surface area contributed by atoms with Crippen LogP contribution in [0.15, 0.2) is 30.7 Å². The van der Waals surface area contributed by atoms with Crippen molar-refractivity contribution in [3.63, 3.8) is 0 Å². The molecule has 1 aromatic heterocycles. The van der Waals surface area contributed by atoms with Crippen LogP contribution in [0.2, 0.25) is 0 Å². The van der Waals surface area contributed by atoms with E-state index in [2.05, 4.69) is 10.3 Å². The summed E-state index contributed by atoms with van der Waals surface area (Å²) in [7, 11) is 0. The molecular formula is C13H14N4O4. The molecule has 110 valence electrons. The molecule has 0 unspecified atom stereocenters. The molecule has 0 amide bonds. The molecule has 2 rings (SSSR count). The highest BCUT2D eigenvalue weighted by atomic mass is 16.6. The second-order valence-corrected chi connectivity index (χ2v) is 4.51. The summed E-state index contributed by atoms with van der Waals surface area (Å²) in [6, 6.07) is 4.95. The summed E-state index contributed by atoms with van der Waals surface area (Å²) in [5.41, 5.74) is 1.24. The molecule has 8 heteroatoms. The molecule has 0 aliphatic heterocycles. The van der Waals surface area contributed by atoms with E-state index < -0.39 is 10.9 Å². The molecule has 0 bridgehead atoms. The Kier molecular flexibility index (Phi) is 4.17. The Hall–Kier alpha value is -2.90. The molecule has 21 heavy (non-hydrogen) atoms. The summed E-state index contributed by atoms with van der Waals surface area (Å²) in [4.78, 5) is 25.0. The number of nitro benzene ring substituents is 1. The summed E-state index contributed by atoms with van der Waals surface area (Å²) >= 11 is 0. The molecule has 0 saturated heterocycles. The molecule has 0 aliphatic carbocycles. The molecule has 0 radical (unpaired) electrons. The molecule has 1 heterocycles. The minimum absolute atomic E-state index is 0.0202. The molecule has 0 aliphatic rings. The minimum atomic E-state index is -1.09. The first kappa shape index (κ1) is 14.5. The number of nitro groups is 1. The largest absolute Gasteiger partial charge is 0.476 e. The summed E-state index contributed by atoms with van der Waals surface area (Å²) < 4.78 is 1.61. The lowest BCUT2D eigenvalue weighted by atomic mass is 10.2. The minimum Gasteiger partial charge on any atom is -0.476 e. The van der Waals surface area contributed by atoms with E-state index in [1.165, 1.54) is 18.6 Å². The van der Waals surface area contributed by atoms with Crippen LogP contribution in [0, 0.1) is 17.0 Å². The third-order valence-electron chi connectivity index (χ3n) is 2.89. The molecule has 8 nitrogen and oxygen atoms in total. The van der Waals surface area contributed by atoms with Crippen molar-refractivity contribution < 1.29 is 14.8 Å². The SMILES string of the molecule is Cc1ccc(NCCn2cnc(C(=O)O)c2)c([N+](=O)[O-])c1. The Bertz CT molecular complexity index is 681. The zero-order chi connectivity index (χ0) is 15.4. The maximum absolute atomic E-state index is 11.0. The maximum Gasteiger partial charge on any atom is 0.356 e. The Labute approximate surface area is 120 Å². The smallest absolute Gasteiger partial charge is 0.356 e. The summed E-state index contributed by atoms with van der Waals surface area (Å²) in [5, 5.41) is 22.7. The van der Waals surface area contributed by atoms with Gasteiger partial charge in [-0.15, -0.1) is 0 Å². The van der Waals surface area contributed by atoms with Crippen LogP contribution in [0.1, 0.15) is 16.1 Å². The molecule has 0 saturated carbocycles. The van der Waals surface area contributed by atoms with E-state index in [4.69, 9.17) is 5.11 Å². The van der Waals surface area contributed by atoms with E-state index in [1.807, 2.05) is 0 Å². The van der Waals surface area contributed by atoms with E-state index >= 15 is 0 Å². The van der Waals surface area contributed by atoms with E-state index in [0.717, 1.165) is 5.56 Å². The van der Waals surface area contributed by atoms with Gasteiger partial charge in [0.2, 0.25) is 0 Å². The van der Waals surface area contributed by atoms with Crippen molar-refractivity contribution in [2.45, 2.75) is 13.5 Å². The van der Waals surface area contributed by atoms with Crippen molar-refractivity contribution in [3.05, 3.63) is 52.1 Å². The van der Waals surface area contributed by atoms with Gasteiger partial charge in [-0.05, 0) is 18.6 Å². The number of hydrogen-bond donors (Lipinski definition) is 2. The first-order valence-electron chi connectivity index (χ1n) is 6.21. The van der Waals surface area contributed by atoms with Gasteiger partial charge in [0.15, 0.2) is 5.69 Å². The lowest BCUT2D eigenvalue weighted by Gasteiger charge is -2.08. The van der Waals surface area contributed by atoms with Crippen molar-refractivity contribution in [1.82, 2.24) is 9.55 Å². The first-order valence-corrected chi connectivity index (χ1v) is 6.21. The summed E-state index contributed by atoms with van der Waals surface area (Å²) in [6.45, 7) is 2.65. The number of aromatic nitrogens is 2. The van der Waals surface area contributed by atoms with Crippen LogP contribution in [0.3, 0.4) is 0 Å². The average molecular weight is 290 g/mol. The molecule has 0 spiro atoms. The number of rotatable bonds is 6. The van der Waals surface area contributed by atoms with E-state index in [-0.39, 0.29) is 11.4 Å². The number of benzene rings is 1. The maximum atomic E-state index is 11.0. The van der Waals surface area contributed by atoms with Gasteiger partial charge in [0.1, 0.15) is 5.69 Å². The van der Waals surface area contributed by atoms with E-state index in [9.17, 15) is 14.9 Å². The number of aromatic carboxylic acids is 1. The number of carboxylic acid groups (broad SMARTS) is 1. The van der Waals surface area contributed by atoms with Crippen LogP contribution in [0.25, 0.3) is 0 Å². The topological polar surface area (TPSA) is 110 Å². The van der Waals surface area contributed by atoms with E-state index in [0.29, 0.717) is 18.8 Å². The van der Waals surface area contributed by atoms with Gasteiger partial charge in [-0.3, -0.25) is 10.1 Å². The third kappa shape index (κ3) is 3.56. The highest BCUT2D eigenvalue weighted by Crippen LogP contribution is 2.24. The van der Waals surface area contributed by atoms with Gasteiger partial charge in [0.25, 0.3) is 5.69 Å². The van der Waals surface area contributed by atoms with Crippen LogP contribution in [0.5, 0.6) is 0 Å². The van der Waals surface area contributed by atoms with Gasteiger partial charge in [-0.2, -0.15) is 0 Å². The highest BCUT2D eigenvalue weighted by Gasteiger charge is 2.13. The predicted octanol–water partition coefficient (Wildman–Crippen LogP) is 1.91. The van der Waals surface area contributed by atoms with Crippen molar-refractivity contribution in [3.8, 4) is 0 Å². The highest BCUT2D eigenvalue weighted by molar-refractivity contribution is 5.84. The van der Waals surface area contributed by atoms with Crippen LogP contribution in [-0.4, -0.2) is 32.1 Å².